The van der Waals surface area contributed by atoms with Crippen molar-refractivity contribution < 1.29 is 17.6 Å². The first kappa shape index (κ1) is 15.0. The fourth-order valence-corrected chi connectivity index (χ4v) is 3.99. The average Bonchev–Trinajstić information content (AvgIpc) is 2.47. The van der Waals surface area contributed by atoms with Crippen LogP contribution in [0.1, 0.15) is 16.8 Å². The van der Waals surface area contributed by atoms with E-state index >= 15 is 0 Å². The van der Waals surface area contributed by atoms with E-state index in [2.05, 4.69) is 0 Å². The molecule has 7 heteroatoms. The highest BCUT2D eigenvalue weighted by Gasteiger charge is 2.32. The molecule has 0 saturated carbocycles. The summed E-state index contributed by atoms with van der Waals surface area (Å²) >= 11 is 5.77. The van der Waals surface area contributed by atoms with Gasteiger partial charge < -0.3 is 0 Å². The van der Waals surface area contributed by atoms with Gasteiger partial charge in [0.15, 0.2) is 5.78 Å². The Labute approximate surface area is 132 Å². The molecule has 0 N–H and O–H groups in total. The number of carbonyl (C=O) groups is 1. The van der Waals surface area contributed by atoms with E-state index < -0.39 is 15.8 Å². The van der Waals surface area contributed by atoms with Crippen LogP contribution in [0, 0.1) is 5.82 Å². The molecule has 0 aliphatic carbocycles. The van der Waals surface area contributed by atoms with Crippen molar-refractivity contribution in [2.75, 3.05) is 10.8 Å². The zero-order valence-electron chi connectivity index (χ0n) is 11.3. The van der Waals surface area contributed by atoms with Gasteiger partial charge in [0, 0.05) is 23.6 Å². The number of hydrogen-bond acceptors (Lipinski definition) is 3. The Morgan fingerprint density at radius 1 is 1.09 bits per heavy atom. The van der Waals surface area contributed by atoms with E-state index in [0.29, 0.717) is 5.02 Å². The van der Waals surface area contributed by atoms with E-state index in [1.54, 1.807) is 0 Å². The minimum Gasteiger partial charge on any atom is -0.294 e. The van der Waals surface area contributed by atoms with Crippen LogP contribution in [0.15, 0.2) is 47.4 Å². The molecule has 2 aromatic rings. The fourth-order valence-electron chi connectivity index (χ4n) is 2.39. The standard InChI is InChI=1S/C15H11ClFNO3S/c16-10-1-4-12(5-2-10)22(20,21)18-8-7-15(19)13-6-3-11(17)9-14(13)18/h1-6,9H,7-8H2. The van der Waals surface area contributed by atoms with Gasteiger partial charge in [-0.05, 0) is 42.5 Å². The van der Waals surface area contributed by atoms with Gasteiger partial charge in [-0.25, -0.2) is 12.8 Å². The quantitative estimate of drug-likeness (QED) is 0.844. The lowest BCUT2D eigenvalue weighted by molar-refractivity contribution is 0.0982. The molecule has 0 saturated heterocycles. The van der Waals surface area contributed by atoms with E-state index in [-0.39, 0.29) is 34.9 Å². The average molecular weight is 340 g/mol. The monoisotopic (exact) mass is 339 g/mol. The number of Topliss-reactive ketones (excluding diaryl/α,β-unsaturated/α-hetero) is 1. The highest BCUT2D eigenvalue weighted by Crippen LogP contribution is 2.32. The first-order chi connectivity index (χ1) is 10.4. The maximum Gasteiger partial charge on any atom is 0.264 e. The van der Waals surface area contributed by atoms with Gasteiger partial charge in [0.1, 0.15) is 5.82 Å². The Balaban J connectivity index is 2.13. The largest absolute Gasteiger partial charge is 0.294 e. The van der Waals surface area contributed by atoms with E-state index in [4.69, 9.17) is 11.6 Å². The van der Waals surface area contributed by atoms with Crippen LogP contribution in [0.4, 0.5) is 10.1 Å². The smallest absolute Gasteiger partial charge is 0.264 e. The molecule has 1 heterocycles. The minimum absolute atomic E-state index is 0.0136. The van der Waals surface area contributed by atoms with Gasteiger partial charge in [-0.15, -0.1) is 0 Å². The summed E-state index contributed by atoms with van der Waals surface area (Å²) in [5.41, 5.74) is 0.288. The van der Waals surface area contributed by atoms with Crippen molar-refractivity contribution in [2.24, 2.45) is 0 Å². The predicted octanol–water partition coefficient (Wildman–Crippen LogP) is 3.26. The Bertz CT molecular complexity index is 850. The fraction of sp³-hybridized carbons (Fsp3) is 0.133. The summed E-state index contributed by atoms with van der Waals surface area (Å²) in [6.07, 6.45) is 0.0610. The maximum atomic E-state index is 13.5. The molecule has 0 fully saturated rings. The number of hydrogen-bond donors (Lipinski definition) is 0. The van der Waals surface area contributed by atoms with Crippen molar-refractivity contribution in [1.29, 1.82) is 0 Å². The molecule has 1 aliphatic rings. The lowest BCUT2D eigenvalue weighted by atomic mass is 10.0. The molecule has 0 spiro atoms. The summed E-state index contributed by atoms with van der Waals surface area (Å²) in [5.74, 6) is -0.790. The summed E-state index contributed by atoms with van der Waals surface area (Å²) in [6.45, 7) is -0.0136. The van der Waals surface area contributed by atoms with Gasteiger partial charge in [0.2, 0.25) is 0 Å². The van der Waals surface area contributed by atoms with Crippen LogP contribution in [-0.2, 0) is 10.0 Å². The van der Waals surface area contributed by atoms with Crippen molar-refractivity contribution in [3.05, 3.63) is 58.9 Å². The van der Waals surface area contributed by atoms with Gasteiger partial charge in [-0.3, -0.25) is 9.10 Å². The molecule has 0 amide bonds. The number of ketones is 1. The van der Waals surface area contributed by atoms with Crippen LogP contribution in [0.5, 0.6) is 0 Å². The van der Waals surface area contributed by atoms with Crippen LogP contribution in [0.2, 0.25) is 5.02 Å². The lowest BCUT2D eigenvalue weighted by Crippen LogP contribution is -2.37. The van der Waals surface area contributed by atoms with E-state index in [9.17, 15) is 17.6 Å². The van der Waals surface area contributed by atoms with Crippen LogP contribution in [0.3, 0.4) is 0 Å². The van der Waals surface area contributed by atoms with Gasteiger partial charge in [-0.2, -0.15) is 0 Å². The van der Waals surface area contributed by atoms with Gasteiger partial charge in [-0.1, -0.05) is 11.6 Å². The summed E-state index contributed by atoms with van der Waals surface area (Å²) in [6, 6.07) is 9.23. The molecular formula is C15H11ClFNO3S. The highest BCUT2D eigenvalue weighted by atomic mass is 35.5. The SMILES string of the molecule is O=C1CCN(S(=O)(=O)c2ccc(Cl)cc2)c2cc(F)ccc21. The molecule has 22 heavy (non-hydrogen) atoms. The van der Waals surface area contributed by atoms with Crippen LogP contribution < -0.4 is 4.31 Å². The number of sulfonamides is 1. The lowest BCUT2D eigenvalue weighted by Gasteiger charge is -2.29. The van der Waals surface area contributed by atoms with Crippen molar-refractivity contribution in [1.82, 2.24) is 0 Å². The normalized spacial score (nSPS) is 14.8. The first-order valence-electron chi connectivity index (χ1n) is 6.50. The molecule has 1 aliphatic heterocycles. The Morgan fingerprint density at radius 3 is 2.45 bits per heavy atom. The highest BCUT2D eigenvalue weighted by molar-refractivity contribution is 7.92. The Morgan fingerprint density at radius 2 is 1.77 bits per heavy atom. The number of rotatable bonds is 2. The molecule has 0 aromatic heterocycles. The third kappa shape index (κ3) is 2.48. The number of carbonyl (C=O) groups excluding carboxylic acids is 1. The van der Waals surface area contributed by atoms with Gasteiger partial charge in [0.05, 0.1) is 10.6 Å². The van der Waals surface area contributed by atoms with E-state index in [1.165, 1.54) is 30.3 Å². The molecular weight excluding hydrogens is 329 g/mol. The number of halogens is 2. The van der Waals surface area contributed by atoms with Crippen molar-refractivity contribution in [3.8, 4) is 0 Å². The van der Waals surface area contributed by atoms with Crippen molar-refractivity contribution >= 4 is 33.1 Å². The first-order valence-corrected chi connectivity index (χ1v) is 8.32. The van der Waals surface area contributed by atoms with Crippen LogP contribution in [-0.4, -0.2) is 20.7 Å². The maximum absolute atomic E-state index is 13.5. The Hall–Kier alpha value is -1.92. The molecule has 114 valence electrons. The van der Waals surface area contributed by atoms with Crippen molar-refractivity contribution in [2.45, 2.75) is 11.3 Å². The van der Waals surface area contributed by atoms with Gasteiger partial charge in [0.25, 0.3) is 10.0 Å². The summed E-state index contributed by atoms with van der Waals surface area (Å²) < 4.78 is 40.0. The van der Waals surface area contributed by atoms with Crippen LogP contribution in [0.25, 0.3) is 0 Å². The molecule has 2 aromatic carbocycles. The second kappa shape index (κ2) is 5.37. The van der Waals surface area contributed by atoms with E-state index in [0.717, 1.165) is 16.4 Å². The number of fused-ring (bicyclic) bond motifs is 1. The van der Waals surface area contributed by atoms with Crippen LogP contribution >= 0.6 is 11.6 Å². The molecule has 4 nitrogen and oxygen atoms in total. The molecule has 0 bridgehead atoms. The van der Waals surface area contributed by atoms with E-state index in [1.807, 2.05) is 0 Å². The second-order valence-electron chi connectivity index (χ2n) is 4.87. The predicted molar refractivity (Wildman–Crippen MR) is 81.3 cm³/mol. The summed E-state index contributed by atoms with van der Waals surface area (Å²) in [4.78, 5) is 11.9. The van der Waals surface area contributed by atoms with Gasteiger partial charge >= 0.3 is 0 Å². The zero-order valence-corrected chi connectivity index (χ0v) is 12.9. The minimum atomic E-state index is -3.88. The number of benzene rings is 2. The summed E-state index contributed by atoms with van der Waals surface area (Å²) in [7, 11) is -3.88. The Kier molecular flexibility index (Phi) is 3.66. The molecule has 0 radical (unpaired) electrons. The second-order valence-corrected chi connectivity index (χ2v) is 7.16. The molecule has 0 unspecified atom stereocenters. The zero-order chi connectivity index (χ0) is 15.9. The number of anilines is 1. The molecule has 3 rings (SSSR count). The third-order valence-electron chi connectivity index (χ3n) is 3.47. The summed E-state index contributed by atoms with van der Waals surface area (Å²) in [5, 5.41) is 0.416. The topological polar surface area (TPSA) is 54.5 Å². The number of nitrogens with zero attached hydrogens (tertiary/aromatic N) is 1. The molecule has 0 atom stereocenters. The third-order valence-corrected chi connectivity index (χ3v) is 5.55. The van der Waals surface area contributed by atoms with Crippen molar-refractivity contribution in [3.63, 3.8) is 0 Å².